The summed E-state index contributed by atoms with van der Waals surface area (Å²) in [6, 6.07) is 6.89. The summed E-state index contributed by atoms with van der Waals surface area (Å²) in [5, 5.41) is 14.2. The van der Waals surface area contributed by atoms with Crippen molar-refractivity contribution in [3.05, 3.63) is 75.2 Å². The van der Waals surface area contributed by atoms with Gasteiger partial charge in [0.25, 0.3) is 11.8 Å². The van der Waals surface area contributed by atoms with Gasteiger partial charge in [0, 0.05) is 48.3 Å². The largest absolute Gasteiger partial charge is 0.458 e. The molecule has 1 atom stereocenters. The van der Waals surface area contributed by atoms with E-state index in [2.05, 4.69) is 10.3 Å². The molecular formula is C32H34F6N4O4S. The molecule has 1 unspecified atom stereocenters. The average molecular weight is 685 g/mol. The number of amides is 2. The third-order valence-electron chi connectivity index (χ3n) is 9.08. The lowest BCUT2D eigenvalue weighted by Crippen LogP contribution is -2.49. The van der Waals surface area contributed by atoms with Crippen molar-refractivity contribution in [3.8, 4) is 0 Å². The maximum Gasteiger partial charge on any atom is 0.458 e. The molecular weight excluding hydrogens is 650 g/mol. The summed E-state index contributed by atoms with van der Waals surface area (Å²) in [5.74, 6) is -5.59. The van der Waals surface area contributed by atoms with E-state index in [1.807, 2.05) is 13.8 Å². The number of nitrogens with zero attached hydrogens (tertiary/aromatic N) is 3. The molecule has 5 rings (SSSR count). The fourth-order valence-electron chi connectivity index (χ4n) is 6.04. The van der Waals surface area contributed by atoms with Gasteiger partial charge >= 0.3 is 12.1 Å². The summed E-state index contributed by atoms with van der Waals surface area (Å²) < 4.78 is 93.4. The molecule has 3 aliphatic rings. The van der Waals surface area contributed by atoms with Crippen LogP contribution in [0, 0.1) is 13.8 Å². The second-order valence-corrected chi connectivity index (χ2v) is 13.6. The van der Waals surface area contributed by atoms with Gasteiger partial charge in [-0.1, -0.05) is 24.3 Å². The van der Waals surface area contributed by atoms with Gasteiger partial charge in [0.1, 0.15) is 29.0 Å². The molecule has 0 saturated carbocycles. The van der Waals surface area contributed by atoms with Crippen LogP contribution < -0.4 is 5.32 Å². The second-order valence-electron chi connectivity index (χ2n) is 12.3. The van der Waals surface area contributed by atoms with E-state index in [9.17, 15) is 45.2 Å². The first kappa shape index (κ1) is 34.8. The predicted octanol–water partition coefficient (Wildman–Crippen LogP) is 4.94. The summed E-state index contributed by atoms with van der Waals surface area (Å²) in [6.45, 7) is 3.82. The van der Waals surface area contributed by atoms with Crippen LogP contribution in [-0.2, 0) is 21.7 Å². The number of hydrogen-bond acceptors (Lipinski definition) is 5. The van der Waals surface area contributed by atoms with Gasteiger partial charge in [-0.15, -0.1) is 0 Å². The third kappa shape index (κ3) is 6.88. The van der Waals surface area contributed by atoms with E-state index in [-0.39, 0.29) is 69.2 Å². The number of likely N-dealkylation sites (tertiary alicyclic amines) is 1. The zero-order chi connectivity index (χ0) is 34.4. The monoisotopic (exact) mass is 684 g/mol. The van der Waals surface area contributed by atoms with Crippen LogP contribution in [0.4, 0.5) is 26.3 Å². The van der Waals surface area contributed by atoms with Crippen molar-refractivity contribution in [1.82, 2.24) is 14.5 Å². The summed E-state index contributed by atoms with van der Waals surface area (Å²) in [6.07, 6.45) is -3.28. The Bertz CT molecular complexity index is 1600. The molecule has 2 fully saturated rings. The maximum atomic E-state index is 13.7. The number of nitrogens with one attached hydrogen (secondary N) is 1. The lowest BCUT2D eigenvalue weighted by Gasteiger charge is -2.36. The Labute approximate surface area is 270 Å². The van der Waals surface area contributed by atoms with Crippen molar-refractivity contribution >= 4 is 34.7 Å². The van der Waals surface area contributed by atoms with Gasteiger partial charge in [0.15, 0.2) is 0 Å². The predicted molar refractivity (Wildman–Crippen MR) is 164 cm³/mol. The van der Waals surface area contributed by atoms with E-state index in [4.69, 9.17) is 0 Å². The van der Waals surface area contributed by atoms with Gasteiger partial charge in [-0.2, -0.15) is 22.0 Å². The number of carbonyl (C=O) groups is 2. The third-order valence-corrected chi connectivity index (χ3v) is 10.3. The molecule has 2 aromatic carbocycles. The van der Waals surface area contributed by atoms with Gasteiger partial charge < -0.3 is 15.3 Å². The Balaban J connectivity index is 1.21. The zero-order valence-electron chi connectivity index (χ0n) is 25.7. The minimum absolute atomic E-state index is 0.0702. The first-order valence-electron chi connectivity index (χ1n) is 15.0. The molecule has 3 heterocycles. The van der Waals surface area contributed by atoms with E-state index < -0.39 is 52.4 Å². The standard InChI is InChI=1S/C32H34F6N4O4S/c1-20-17-23(27(43)41-12-8-29(45,19-33)9-13-41)18-21(2)25(20)7-16-47(46)42-14-10-30(11-15-42)28(44)39-26(40-30)22-3-5-24(6-4-22)31(34,35)32(36,37)38/h3-7,16-18,45H,8-15,19H2,1-2H3,(H,39,40,44)/b16-7+. The van der Waals surface area contributed by atoms with Crippen LogP contribution in [0.25, 0.3) is 6.08 Å². The van der Waals surface area contributed by atoms with Crippen LogP contribution in [0.3, 0.4) is 0 Å². The van der Waals surface area contributed by atoms with Crippen molar-refractivity contribution in [3.63, 3.8) is 0 Å². The maximum absolute atomic E-state index is 13.7. The number of aliphatic hydroxyl groups is 1. The highest BCUT2D eigenvalue weighted by molar-refractivity contribution is 7.85. The molecule has 1 spiro atoms. The Morgan fingerprint density at radius 2 is 1.57 bits per heavy atom. The molecule has 2 amide bonds. The molecule has 2 saturated heterocycles. The van der Waals surface area contributed by atoms with Crippen molar-refractivity contribution < 1.29 is 45.2 Å². The van der Waals surface area contributed by atoms with E-state index in [1.165, 1.54) is 5.41 Å². The molecule has 2 aromatic rings. The highest BCUT2D eigenvalue weighted by Crippen LogP contribution is 2.44. The molecule has 47 heavy (non-hydrogen) atoms. The SMILES string of the molecule is Cc1cc(C(=O)N2CCC(O)(CF)CC2)cc(C)c1/C=C/S(=O)N1CCC2(CC1)N=C(c1ccc(C(F)(F)C(F)(F)F)cc1)NC2=O. The van der Waals surface area contributed by atoms with E-state index >= 15 is 0 Å². The van der Waals surface area contributed by atoms with Crippen LogP contribution in [0.2, 0.25) is 0 Å². The number of benzene rings is 2. The number of carbonyl (C=O) groups excluding carboxylic acids is 2. The molecule has 2 N–H and O–H groups in total. The molecule has 0 radical (unpaired) electrons. The van der Waals surface area contributed by atoms with E-state index in [0.29, 0.717) is 17.7 Å². The topological polar surface area (TPSA) is 102 Å². The Kier molecular flexibility index (Phi) is 9.47. The van der Waals surface area contributed by atoms with Crippen molar-refractivity contribution in [1.29, 1.82) is 0 Å². The minimum atomic E-state index is -5.74. The van der Waals surface area contributed by atoms with Crippen LogP contribution in [0.1, 0.15) is 63.9 Å². The fourth-order valence-corrected chi connectivity index (χ4v) is 7.01. The summed E-state index contributed by atoms with van der Waals surface area (Å²) in [7, 11) is -1.56. The molecule has 0 aromatic heterocycles. The van der Waals surface area contributed by atoms with Crippen LogP contribution in [-0.4, -0.2) is 86.3 Å². The number of amidine groups is 1. The molecule has 0 aliphatic carbocycles. The first-order chi connectivity index (χ1) is 22.0. The number of alkyl halides is 6. The molecule has 0 bridgehead atoms. The fraction of sp³-hybridized carbons (Fsp3) is 0.469. The number of aliphatic imine (C=N–C) groups is 1. The quantitative estimate of drug-likeness (QED) is 0.404. The number of rotatable bonds is 7. The average Bonchev–Trinajstić information content (AvgIpc) is 3.35. The number of hydrogen-bond donors (Lipinski definition) is 2. The summed E-state index contributed by atoms with van der Waals surface area (Å²) in [4.78, 5) is 32.1. The van der Waals surface area contributed by atoms with Gasteiger partial charge in [-0.25, -0.2) is 12.9 Å². The van der Waals surface area contributed by atoms with Gasteiger partial charge in [0.05, 0.1) is 5.60 Å². The Hall–Kier alpha value is -3.56. The van der Waals surface area contributed by atoms with Gasteiger partial charge in [-0.05, 0) is 74.4 Å². The number of piperidine rings is 2. The molecule has 15 heteroatoms. The van der Waals surface area contributed by atoms with Gasteiger partial charge in [-0.3, -0.25) is 14.6 Å². The van der Waals surface area contributed by atoms with Crippen molar-refractivity contribution in [2.75, 3.05) is 32.9 Å². The number of aryl methyl sites for hydroxylation is 2. The zero-order valence-corrected chi connectivity index (χ0v) is 26.5. The lowest BCUT2D eigenvalue weighted by molar-refractivity contribution is -0.289. The van der Waals surface area contributed by atoms with Crippen molar-refractivity contribution in [2.45, 2.75) is 62.8 Å². The Morgan fingerprint density at radius 3 is 2.11 bits per heavy atom. The van der Waals surface area contributed by atoms with E-state index in [0.717, 1.165) is 28.8 Å². The highest BCUT2D eigenvalue weighted by atomic mass is 32.2. The van der Waals surface area contributed by atoms with Crippen LogP contribution in [0.15, 0.2) is 46.8 Å². The molecule has 254 valence electrons. The Morgan fingerprint density at radius 1 is 1.00 bits per heavy atom. The van der Waals surface area contributed by atoms with Crippen molar-refractivity contribution in [2.24, 2.45) is 4.99 Å². The smallest absolute Gasteiger partial charge is 0.387 e. The summed E-state index contributed by atoms with van der Waals surface area (Å²) in [5.41, 5.74) is -0.768. The second kappa shape index (κ2) is 12.8. The minimum Gasteiger partial charge on any atom is -0.387 e. The first-order valence-corrected chi connectivity index (χ1v) is 16.2. The molecule has 8 nitrogen and oxygen atoms in total. The molecule has 3 aliphatic heterocycles. The van der Waals surface area contributed by atoms with Crippen LogP contribution >= 0.6 is 0 Å². The highest BCUT2D eigenvalue weighted by Gasteiger charge is 2.58. The van der Waals surface area contributed by atoms with E-state index in [1.54, 1.807) is 27.4 Å². The normalized spacial score (nSPS) is 20.8. The van der Waals surface area contributed by atoms with Gasteiger partial charge in [0.2, 0.25) is 0 Å². The lowest BCUT2D eigenvalue weighted by atomic mass is 9.89. The number of halogens is 6. The van der Waals surface area contributed by atoms with Crippen LogP contribution in [0.5, 0.6) is 0 Å². The summed E-state index contributed by atoms with van der Waals surface area (Å²) >= 11 is 0.